The zero-order valence-corrected chi connectivity index (χ0v) is 10.7. The van der Waals surface area contributed by atoms with Crippen LogP contribution in [-0.2, 0) is 0 Å². The van der Waals surface area contributed by atoms with Gasteiger partial charge in [-0.3, -0.25) is 9.20 Å². The zero-order chi connectivity index (χ0) is 12.5. The molecular weight excluding hydrogens is 224 g/mol. The van der Waals surface area contributed by atoms with Gasteiger partial charge in [0.25, 0.3) is 0 Å². The van der Waals surface area contributed by atoms with Gasteiger partial charge in [-0.05, 0) is 31.9 Å². The molecule has 1 fully saturated rings. The molecular formula is C15H18N2O. The van der Waals surface area contributed by atoms with Crippen LogP contribution in [0.2, 0.25) is 0 Å². The van der Waals surface area contributed by atoms with Gasteiger partial charge in [-0.2, -0.15) is 0 Å². The minimum atomic E-state index is 0.471. The van der Waals surface area contributed by atoms with Gasteiger partial charge in [0.2, 0.25) is 0 Å². The Morgan fingerprint density at radius 2 is 2.06 bits per heavy atom. The Morgan fingerprint density at radius 3 is 2.78 bits per heavy atom. The first-order valence-corrected chi connectivity index (χ1v) is 6.74. The highest BCUT2D eigenvalue weighted by molar-refractivity contribution is 5.77. The fraction of sp³-hybridized carbons (Fsp3) is 0.467. The van der Waals surface area contributed by atoms with Gasteiger partial charge in [-0.15, -0.1) is 0 Å². The molecule has 2 heterocycles. The number of aromatic nitrogens is 2. The Labute approximate surface area is 107 Å². The van der Waals surface area contributed by atoms with E-state index in [4.69, 9.17) is 4.98 Å². The SMILES string of the molecule is Cc1cccc2nc(C3CCCCC3)c(C=O)n12. The van der Waals surface area contributed by atoms with Crippen LogP contribution in [0.1, 0.15) is 59.9 Å². The number of pyridine rings is 1. The van der Waals surface area contributed by atoms with Crippen LogP contribution in [-0.4, -0.2) is 15.7 Å². The second-order valence-corrected chi connectivity index (χ2v) is 5.20. The number of carbonyl (C=O) groups excluding carboxylic acids is 1. The third kappa shape index (κ3) is 1.74. The first kappa shape index (κ1) is 11.5. The highest BCUT2D eigenvalue weighted by Gasteiger charge is 2.23. The third-order valence-corrected chi connectivity index (χ3v) is 4.01. The summed E-state index contributed by atoms with van der Waals surface area (Å²) in [5.74, 6) is 0.471. The molecule has 0 saturated heterocycles. The number of rotatable bonds is 2. The van der Waals surface area contributed by atoms with E-state index in [1.165, 1.54) is 32.1 Å². The number of fused-ring (bicyclic) bond motifs is 1. The van der Waals surface area contributed by atoms with Gasteiger partial charge < -0.3 is 0 Å². The number of hydrogen-bond donors (Lipinski definition) is 0. The lowest BCUT2D eigenvalue weighted by Gasteiger charge is -2.20. The van der Waals surface area contributed by atoms with E-state index < -0.39 is 0 Å². The molecule has 2 aromatic heterocycles. The summed E-state index contributed by atoms with van der Waals surface area (Å²) < 4.78 is 1.98. The fourth-order valence-electron chi connectivity index (χ4n) is 3.09. The van der Waals surface area contributed by atoms with Crippen molar-refractivity contribution in [2.45, 2.75) is 44.9 Å². The number of carbonyl (C=O) groups is 1. The molecule has 0 unspecified atom stereocenters. The van der Waals surface area contributed by atoms with Gasteiger partial charge in [-0.25, -0.2) is 4.98 Å². The standard InChI is InChI=1S/C15H18N2O/c1-11-6-5-9-14-16-15(13(10-18)17(11)14)12-7-3-2-4-8-12/h5-6,9-10,12H,2-4,7-8H2,1H3. The van der Waals surface area contributed by atoms with Gasteiger partial charge in [0.05, 0.1) is 5.69 Å². The Morgan fingerprint density at radius 1 is 1.28 bits per heavy atom. The number of hydrogen-bond acceptors (Lipinski definition) is 2. The van der Waals surface area contributed by atoms with Crippen LogP contribution in [0, 0.1) is 6.92 Å². The largest absolute Gasteiger partial charge is 0.296 e. The normalized spacial score (nSPS) is 17.2. The van der Waals surface area contributed by atoms with Crippen LogP contribution in [0.4, 0.5) is 0 Å². The summed E-state index contributed by atoms with van der Waals surface area (Å²) >= 11 is 0. The number of aldehydes is 1. The fourth-order valence-corrected chi connectivity index (χ4v) is 3.09. The van der Waals surface area contributed by atoms with Crippen molar-refractivity contribution in [2.75, 3.05) is 0 Å². The molecule has 2 aromatic rings. The molecule has 1 aliphatic rings. The van der Waals surface area contributed by atoms with E-state index in [9.17, 15) is 4.79 Å². The monoisotopic (exact) mass is 242 g/mol. The summed E-state index contributed by atoms with van der Waals surface area (Å²) in [5.41, 5.74) is 3.75. The van der Waals surface area contributed by atoms with E-state index in [1.54, 1.807) is 0 Å². The van der Waals surface area contributed by atoms with E-state index in [-0.39, 0.29) is 0 Å². The number of nitrogens with zero attached hydrogens (tertiary/aromatic N) is 2. The molecule has 1 aliphatic carbocycles. The molecule has 1 saturated carbocycles. The minimum Gasteiger partial charge on any atom is -0.296 e. The smallest absolute Gasteiger partial charge is 0.168 e. The second kappa shape index (κ2) is 4.56. The van der Waals surface area contributed by atoms with E-state index >= 15 is 0 Å². The van der Waals surface area contributed by atoms with Crippen LogP contribution in [0.3, 0.4) is 0 Å². The van der Waals surface area contributed by atoms with Gasteiger partial charge in [0, 0.05) is 11.6 Å². The number of aryl methyl sites for hydroxylation is 1. The highest BCUT2D eigenvalue weighted by atomic mass is 16.1. The van der Waals surface area contributed by atoms with Crippen molar-refractivity contribution in [3.8, 4) is 0 Å². The summed E-state index contributed by atoms with van der Waals surface area (Å²) in [6.07, 6.45) is 7.15. The lowest BCUT2D eigenvalue weighted by Crippen LogP contribution is -2.08. The van der Waals surface area contributed by atoms with Crippen molar-refractivity contribution in [1.29, 1.82) is 0 Å². The quantitative estimate of drug-likeness (QED) is 0.755. The Balaban J connectivity index is 2.16. The van der Waals surface area contributed by atoms with Crippen molar-refractivity contribution in [2.24, 2.45) is 0 Å². The second-order valence-electron chi connectivity index (χ2n) is 5.20. The van der Waals surface area contributed by atoms with Crippen molar-refractivity contribution in [3.63, 3.8) is 0 Å². The third-order valence-electron chi connectivity index (χ3n) is 4.01. The molecule has 3 nitrogen and oxygen atoms in total. The zero-order valence-electron chi connectivity index (χ0n) is 10.7. The van der Waals surface area contributed by atoms with Crippen LogP contribution >= 0.6 is 0 Å². The van der Waals surface area contributed by atoms with Gasteiger partial charge in [0.15, 0.2) is 6.29 Å². The van der Waals surface area contributed by atoms with Crippen molar-refractivity contribution in [1.82, 2.24) is 9.38 Å². The molecule has 0 bridgehead atoms. The van der Waals surface area contributed by atoms with E-state index in [0.29, 0.717) is 5.92 Å². The summed E-state index contributed by atoms with van der Waals surface area (Å²) in [6, 6.07) is 6.00. The van der Waals surface area contributed by atoms with Crippen molar-refractivity contribution >= 4 is 11.9 Å². The van der Waals surface area contributed by atoms with Crippen LogP contribution in [0.5, 0.6) is 0 Å². The Hall–Kier alpha value is -1.64. The van der Waals surface area contributed by atoms with Crippen LogP contribution in [0.15, 0.2) is 18.2 Å². The molecule has 18 heavy (non-hydrogen) atoms. The maximum absolute atomic E-state index is 11.4. The minimum absolute atomic E-state index is 0.471. The summed E-state index contributed by atoms with van der Waals surface area (Å²) in [4.78, 5) is 16.1. The molecule has 0 aromatic carbocycles. The average molecular weight is 242 g/mol. The van der Waals surface area contributed by atoms with E-state index in [1.807, 2.05) is 29.5 Å². The maximum atomic E-state index is 11.4. The molecule has 0 amide bonds. The predicted octanol–water partition coefficient (Wildman–Crippen LogP) is 3.50. The molecule has 0 atom stereocenters. The summed E-state index contributed by atoms with van der Waals surface area (Å²) in [6.45, 7) is 2.02. The predicted molar refractivity (Wildman–Crippen MR) is 71.1 cm³/mol. The molecule has 0 spiro atoms. The van der Waals surface area contributed by atoms with Gasteiger partial charge in [0.1, 0.15) is 11.3 Å². The Kier molecular flexibility index (Phi) is 2.90. The first-order valence-electron chi connectivity index (χ1n) is 6.74. The summed E-state index contributed by atoms with van der Waals surface area (Å²) in [5, 5.41) is 0. The molecule has 0 radical (unpaired) electrons. The average Bonchev–Trinajstić information content (AvgIpc) is 2.79. The van der Waals surface area contributed by atoms with Crippen LogP contribution in [0.25, 0.3) is 5.65 Å². The Bertz CT molecular complexity index is 579. The van der Waals surface area contributed by atoms with Crippen molar-refractivity contribution < 1.29 is 4.79 Å². The molecule has 0 aliphatic heterocycles. The highest BCUT2D eigenvalue weighted by Crippen LogP contribution is 2.34. The lowest BCUT2D eigenvalue weighted by atomic mass is 9.86. The molecule has 0 N–H and O–H groups in total. The first-order chi connectivity index (χ1) is 8.81. The van der Waals surface area contributed by atoms with Crippen LogP contribution < -0.4 is 0 Å². The summed E-state index contributed by atoms with van der Waals surface area (Å²) in [7, 11) is 0. The lowest BCUT2D eigenvalue weighted by molar-refractivity contribution is 0.111. The van der Waals surface area contributed by atoms with Gasteiger partial charge in [-0.1, -0.05) is 25.3 Å². The topological polar surface area (TPSA) is 34.4 Å². The van der Waals surface area contributed by atoms with E-state index in [0.717, 1.165) is 29.0 Å². The molecule has 94 valence electrons. The molecule has 3 heteroatoms. The van der Waals surface area contributed by atoms with Gasteiger partial charge >= 0.3 is 0 Å². The number of imidazole rings is 1. The van der Waals surface area contributed by atoms with E-state index in [2.05, 4.69) is 0 Å². The van der Waals surface area contributed by atoms with Crippen molar-refractivity contribution in [3.05, 3.63) is 35.3 Å². The molecule has 3 rings (SSSR count). The maximum Gasteiger partial charge on any atom is 0.168 e.